The number of likely N-dealkylation sites (N-methyl/N-ethyl adjacent to an activating group) is 1. The Labute approximate surface area is 350 Å². The van der Waals surface area contributed by atoms with Crippen LogP contribution in [0.1, 0.15) is 53.4 Å². The minimum atomic E-state index is -0.981. The Morgan fingerprint density at radius 3 is 2.42 bits per heavy atom. The van der Waals surface area contributed by atoms with Crippen molar-refractivity contribution in [2.75, 3.05) is 74.6 Å². The zero-order valence-corrected chi connectivity index (χ0v) is 34.2. The highest BCUT2D eigenvalue weighted by Crippen LogP contribution is 2.53. The lowest BCUT2D eigenvalue weighted by Gasteiger charge is -2.35. The summed E-state index contributed by atoms with van der Waals surface area (Å²) < 4.78 is 7.25. The number of nitrogens with one attached hydrogen (secondary N) is 3. The van der Waals surface area contributed by atoms with E-state index in [0.717, 1.165) is 67.3 Å². The molecule has 6 heterocycles. The summed E-state index contributed by atoms with van der Waals surface area (Å²) in [6, 6.07) is 11.5. The largest absolute Gasteiger partial charge is 0.478 e. The van der Waals surface area contributed by atoms with Crippen LogP contribution in [0, 0.1) is 17.8 Å². The van der Waals surface area contributed by atoms with E-state index in [4.69, 9.17) is 21.3 Å². The predicted octanol–water partition coefficient (Wildman–Crippen LogP) is 2.80. The molecule has 0 radical (unpaired) electrons. The molecule has 5 amide bonds. The number of carbonyl (C=O) groups is 5. The van der Waals surface area contributed by atoms with Crippen LogP contribution in [0.5, 0.6) is 5.75 Å². The smallest absolute Gasteiger partial charge is 0.293 e. The van der Waals surface area contributed by atoms with E-state index < -0.39 is 29.7 Å². The molecule has 1 aliphatic carbocycles. The molecule has 312 valence electrons. The number of pyridine rings is 1. The number of imide groups is 2. The van der Waals surface area contributed by atoms with Gasteiger partial charge in [0, 0.05) is 82.1 Å². The maximum Gasteiger partial charge on any atom is 0.293 e. The second kappa shape index (κ2) is 15.5. The molecule has 60 heavy (non-hydrogen) atoms. The Balaban J connectivity index is 0.794. The van der Waals surface area contributed by atoms with Gasteiger partial charge in [0.25, 0.3) is 23.3 Å². The molecule has 3 atom stereocenters. The van der Waals surface area contributed by atoms with E-state index in [9.17, 15) is 28.8 Å². The van der Waals surface area contributed by atoms with Crippen LogP contribution in [0.2, 0.25) is 5.02 Å². The van der Waals surface area contributed by atoms with Gasteiger partial charge in [0.2, 0.25) is 17.8 Å². The van der Waals surface area contributed by atoms with Crippen molar-refractivity contribution in [1.82, 2.24) is 35.0 Å². The van der Waals surface area contributed by atoms with Gasteiger partial charge in [-0.15, -0.1) is 0 Å². The number of nitrogens with zero attached hydrogens (tertiary/aromatic N) is 7. The first-order chi connectivity index (χ1) is 28.9. The topological polar surface area (TPSA) is 191 Å². The SMILES string of the molecule is CNC(=O)COc1cc2cc(Nc3nc(N4CCN(CC5C6CN(c7ccc8c(c7)C(=O)N(C7CCC(=O)NC7=O)C8=O)CC56)CC4)ncc3Cl)ccc2n(C(C)C)c1=O. The van der Waals surface area contributed by atoms with Crippen molar-refractivity contribution in [3.8, 4) is 5.75 Å². The van der Waals surface area contributed by atoms with Gasteiger partial charge in [-0.1, -0.05) is 11.6 Å². The van der Waals surface area contributed by atoms with Gasteiger partial charge >= 0.3 is 0 Å². The number of hydrogen-bond donors (Lipinski definition) is 3. The van der Waals surface area contributed by atoms with Crippen LogP contribution >= 0.6 is 11.6 Å². The average molecular weight is 837 g/mol. The number of fused-ring (bicyclic) bond motifs is 3. The minimum Gasteiger partial charge on any atom is -0.478 e. The van der Waals surface area contributed by atoms with E-state index in [2.05, 4.69) is 35.6 Å². The fourth-order valence-electron chi connectivity index (χ4n) is 9.18. The number of piperazine rings is 1. The number of piperidine rings is 2. The summed E-state index contributed by atoms with van der Waals surface area (Å²) >= 11 is 6.59. The van der Waals surface area contributed by atoms with Crippen molar-refractivity contribution in [3.63, 3.8) is 0 Å². The Morgan fingerprint density at radius 1 is 0.950 bits per heavy atom. The average Bonchev–Trinajstić information content (AvgIpc) is 3.53. The van der Waals surface area contributed by atoms with E-state index in [-0.39, 0.29) is 42.7 Å². The molecule has 0 bridgehead atoms. The Hall–Kier alpha value is -6.07. The fourth-order valence-corrected chi connectivity index (χ4v) is 9.32. The van der Waals surface area contributed by atoms with Crippen molar-refractivity contribution < 1.29 is 28.7 Å². The number of rotatable bonds is 11. The molecule has 4 aliphatic heterocycles. The lowest BCUT2D eigenvalue weighted by Crippen LogP contribution is -2.54. The molecule has 3 saturated heterocycles. The number of anilines is 4. The third-order valence-corrected chi connectivity index (χ3v) is 12.7. The fraction of sp³-hybridized carbons (Fsp3) is 0.429. The van der Waals surface area contributed by atoms with E-state index in [1.54, 1.807) is 29.0 Å². The van der Waals surface area contributed by atoms with Gasteiger partial charge in [0.1, 0.15) is 11.1 Å². The molecule has 2 aromatic heterocycles. The Kier molecular flexibility index (Phi) is 10.2. The molecule has 1 saturated carbocycles. The molecule has 4 fully saturated rings. The molecular formula is C42H45ClN10O7. The maximum atomic E-state index is 13.4. The number of halogens is 1. The van der Waals surface area contributed by atoms with Crippen LogP contribution < -0.4 is 36.0 Å². The van der Waals surface area contributed by atoms with Gasteiger partial charge in [-0.3, -0.25) is 43.9 Å². The molecule has 9 rings (SSSR count). The normalized spacial score (nSPS) is 22.6. The molecule has 17 nitrogen and oxygen atoms in total. The highest BCUT2D eigenvalue weighted by Gasteiger charge is 2.56. The monoisotopic (exact) mass is 836 g/mol. The van der Waals surface area contributed by atoms with Crippen LogP contribution in [-0.2, 0) is 14.4 Å². The molecular weight excluding hydrogens is 792 g/mol. The summed E-state index contributed by atoms with van der Waals surface area (Å²) in [4.78, 5) is 93.0. The van der Waals surface area contributed by atoms with Gasteiger partial charge in [0.15, 0.2) is 18.2 Å². The number of hydrogen-bond acceptors (Lipinski definition) is 13. The highest BCUT2D eigenvalue weighted by atomic mass is 35.5. The number of aromatic nitrogens is 3. The molecule has 2 aromatic carbocycles. The summed E-state index contributed by atoms with van der Waals surface area (Å²) in [6.45, 7) is 9.57. The van der Waals surface area contributed by atoms with Crippen molar-refractivity contribution in [3.05, 3.63) is 75.2 Å². The molecule has 18 heteroatoms. The number of amides is 5. The third kappa shape index (κ3) is 7.18. The second-order valence-corrected chi connectivity index (χ2v) is 16.8. The van der Waals surface area contributed by atoms with Gasteiger partial charge in [-0.25, -0.2) is 4.98 Å². The lowest BCUT2D eigenvalue weighted by molar-refractivity contribution is -0.136. The third-order valence-electron chi connectivity index (χ3n) is 12.4. The predicted molar refractivity (Wildman–Crippen MR) is 223 cm³/mol. The first-order valence-electron chi connectivity index (χ1n) is 20.3. The quantitative estimate of drug-likeness (QED) is 0.187. The Bertz CT molecular complexity index is 2510. The summed E-state index contributed by atoms with van der Waals surface area (Å²) in [5, 5.41) is 9.17. The number of benzene rings is 2. The van der Waals surface area contributed by atoms with E-state index in [0.29, 0.717) is 51.4 Å². The van der Waals surface area contributed by atoms with Crippen LogP contribution in [0.25, 0.3) is 10.9 Å². The second-order valence-electron chi connectivity index (χ2n) is 16.4. The minimum absolute atomic E-state index is 0.0845. The van der Waals surface area contributed by atoms with E-state index in [1.807, 2.05) is 38.1 Å². The standard InChI is InChI=1S/C42H45ClN10O7/c1-22(2)52-32-7-4-24(14-23(32)15-34(41(52)59)60-21-36(55)44-3)46-37-31(43)17-45-42(48-37)50-12-10-49(11-13-50)18-28-29-19-51(20-30(28)29)25-5-6-26-27(16-25)40(58)53(39(26)57)33-8-9-35(54)47-38(33)56/h4-7,14-17,22,28-30,33H,8-13,18-21H2,1-3H3,(H,44,55)(H,45,46,48)(H,47,54,56). The van der Waals surface area contributed by atoms with Crippen molar-refractivity contribution in [2.24, 2.45) is 17.8 Å². The molecule has 0 spiro atoms. The first-order valence-corrected chi connectivity index (χ1v) is 20.7. The molecule has 5 aliphatic rings. The van der Waals surface area contributed by atoms with Crippen LogP contribution in [0.3, 0.4) is 0 Å². The van der Waals surface area contributed by atoms with E-state index in [1.165, 1.54) is 7.05 Å². The summed E-state index contributed by atoms with van der Waals surface area (Å²) in [5.41, 5.74) is 2.61. The van der Waals surface area contributed by atoms with Crippen molar-refractivity contribution in [2.45, 2.75) is 38.8 Å². The Morgan fingerprint density at radius 2 is 1.70 bits per heavy atom. The summed E-state index contributed by atoms with van der Waals surface area (Å²) in [5.74, 6) is 0.478. The van der Waals surface area contributed by atoms with Gasteiger partial charge in [-0.05, 0) is 80.5 Å². The maximum absolute atomic E-state index is 13.4. The summed E-state index contributed by atoms with van der Waals surface area (Å²) in [7, 11) is 1.51. The van der Waals surface area contributed by atoms with Gasteiger partial charge in [-0.2, -0.15) is 4.98 Å². The van der Waals surface area contributed by atoms with Crippen LogP contribution in [-0.4, -0.2) is 119 Å². The van der Waals surface area contributed by atoms with Crippen molar-refractivity contribution in [1.29, 1.82) is 0 Å². The lowest BCUT2D eigenvalue weighted by atomic mass is 10.0. The first kappa shape index (κ1) is 39.4. The van der Waals surface area contributed by atoms with E-state index >= 15 is 0 Å². The molecule has 3 unspecified atom stereocenters. The highest BCUT2D eigenvalue weighted by molar-refractivity contribution is 6.33. The molecule has 3 N–H and O–H groups in total. The van der Waals surface area contributed by atoms with Gasteiger partial charge < -0.3 is 29.7 Å². The van der Waals surface area contributed by atoms with Crippen molar-refractivity contribution >= 4 is 75.2 Å². The zero-order chi connectivity index (χ0) is 42.0. The number of ether oxygens (including phenoxy) is 1. The zero-order valence-electron chi connectivity index (χ0n) is 33.4. The summed E-state index contributed by atoms with van der Waals surface area (Å²) in [6.07, 6.45) is 1.81. The molecule has 4 aromatic rings. The van der Waals surface area contributed by atoms with Crippen LogP contribution in [0.4, 0.5) is 23.1 Å². The van der Waals surface area contributed by atoms with Gasteiger partial charge in [0.05, 0.1) is 22.8 Å². The van der Waals surface area contributed by atoms with Crippen LogP contribution in [0.15, 0.2) is 53.5 Å². The number of carbonyl (C=O) groups excluding carboxylic acids is 5.